The van der Waals surface area contributed by atoms with Crippen LogP contribution in [-0.2, 0) is 17.8 Å². The number of rotatable bonds is 7. The van der Waals surface area contributed by atoms with Crippen LogP contribution in [0.4, 0.5) is 0 Å². The molecule has 1 fully saturated rings. The first-order valence-corrected chi connectivity index (χ1v) is 9.40. The summed E-state index contributed by atoms with van der Waals surface area (Å²) in [5.41, 5.74) is 2.65. The van der Waals surface area contributed by atoms with Crippen molar-refractivity contribution in [2.45, 2.75) is 32.5 Å². The number of morpholine rings is 1. The first kappa shape index (κ1) is 20.7. The molecule has 0 unspecified atom stereocenters. The zero-order valence-electron chi connectivity index (χ0n) is 17.0. The third-order valence-corrected chi connectivity index (χ3v) is 4.73. The zero-order chi connectivity index (χ0) is 19.0. The lowest BCUT2D eigenvalue weighted by molar-refractivity contribution is -0.00834. The summed E-state index contributed by atoms with van der Waals surface area (Å²) in [7, 11) is 6.00. The number of hydrogen-bond donors (Lipinski definition) is 2. The third kappa shape index (κ3) is 6.59. The van der Waals surface area contributed by atoms with E-state index < -0.39 is 0 Å². The van der Waals surface area contributed by atoms with E-state index in [4.69, 9.17) is 4.74 Å². The fourth-order valence-electron chi connectivity index (χ4n) is 3.19. The lowest BCUT2D eigenvalue weighted by Crippen LogP contribution is -2.56. The van der Waals surface area contributed by atoms with Crippen molar-refractivity contribution in [1.29, 1.82) is 0 Å². The van der Waals surface area contributed by atoms with Crippen molar-refractivity contribution in [2.75, 3.05) is 54.0 Å². The molecule has 2 N–H and O–H groups in total. The molecule has 2 rings (SSSR count). The van der Waals surface area contributed by atoms with Gasteiger partial charge in [0.25, 0.3) is 0 Å². The standard InChI is InChI=1S/C20H35N5O/c1-20(2,25-9-11-26-12-10-25)16-23-19(21-3)22-14-17-7-6-8-18(13-17)15-24(4)5/h6-8,13H,9-12,14-16H2,1-5H3,(H2,21,22,23). The first-order valence-electron chi connectivity index (χ1n) is 9.40. The topological polar surface area (TPSA) is 52.1 Å². The monoisotopic (exact) mass is 361 g/mol. The van der Waals surface area contributed by atoms with E-state index in [9.17, 15) is 0 Å². The fourth-order valence-corrected chi connectivity index (χ4v) is 3.19. The van der Waals surface area contributed by atoms with Gasteiger partial charge >= 0.3 is 0 Å². The molecule has 1 aromatic carbocycles. The molecule has 1 aliphatic rings. The maximum absolute atomic E-state index is 5.46. The number of ether oxygens (including phenoxy) is 1. The minimum atomic E-state index is 0.0625. The molecule has 0 atom stereocenters. The molecular formula is C20H35N5O. The Hall–Kier alpha value is -1.63. The minimum Gasteiger partial charge on any atom is -0.379 e. The highest BCUT2D eigenvalue weighted by Crippen LogP contribution is 2.15. The van der Waals surface area contributed by atoms with E-state index in [2.05, 4.69) is 77.6 Å². The average molecular weight is 362 g/mol. The molecule has 1 aliphatic heterocycles. The lowest BCUT2D eigenvalue weighted by atomic mass is 10.0. The number of benzene rings is 1. The van der Waals surface area contributed by atoms with E-state index in [1.165, 1.54) is 11.1 Å². The van der Waals surface area contributed by atoms with Gasteiger partial charge in [-0.1, -0.05) is 24.3 Å². The van der Waals surface area contributed by atoms with E-state index in [0.717, 1.165) is 51.9 Å². The molecule has 1 aromatic rings. The molecule has 1 saturated heterocycles. The molecular weight excluding hydrogens is 326 g/mol. The van der Waals surface area contributed by atoms with Gasteiger partial charge in [0.1, 0.15) is 0 Å². The number of nitrogens with zero attached hydrogens (tertiary/aromatic N) is 3. The SMILES string of the molecule is CN=C(NCc1cccc(CN(C)C)c1)NCC(C)(C)N1CCOCC1. The van der Waals surface area contributed by atoms with Crippen LogP contribution in [-0.4, -0.2) is 75.3 Å². The van der Waals surface area contributed by atoms with E-state index in [1.54, 1.807) is 0 Å². The Morgan fingerprint density at radius 1 is 1.19 bits per heavy atom. The van der Waals surface area contributed by atoms with Gasteiger partial charge in [-0.25, -0.2) is 0 Å². The molecule has 0 spiro atoms. The highest BCUT2D eigenvalue weighted by atomic mass is 16.5. The van der Waals surface area contributed by atoms with Gasteiger partial charge in [-0.15, -0.1) is 0 Å². The van der Waals surface area contributed by atoms with Crippen molar-refractivity contribution in [1.82, 2.24) is 20.4 Å². The summed E-state index contributed by atoms with van der Waals surface area (Å²) in [5, 5.41) is 6.90. The Labute approximate surface area is 158 Å². The van der Waals surface area contributed by atoms with Crippen LogP contribution in [0.3, 0.4) is 0 Å². The molecule has 0 saturated carbocycles. The largest absolute Gasteiger partial charge is 0.379 e. The van der Waals surface area contributed by atoms with Gasteiger partial charge in [0.05, 0.1) is 13.2 Å². The molecule has 6 nitrogen and oxygen atoms in total. The highest BCUT2D eigenvalue weighted by Gasteiger charge is 2.28. The van der Waals surface area contributed by atoms with Crippen molar-refractivity contribution < 1.29 is 4.74 Å². The Morgan fingerprint density at radius 3 is 2.54 bits per heavy atom. The van der Waals surface area contributed by atoms with Gasteiger partial charge in [-0.2, -0.15) is 0 Å². The van der Waals surface area contributed by atoms with Crippen LogP contribution >= 0.6 is 0 Å². The van der Waals surface area contributed by atoms with Crippen molar-refractivity contribution >= 4 is 5.96 Å². The van der Waals surface area contributed by atoms with Crippen LogP contribution in [0.15, 0.2) is 29.3 Å². The molecule has 0 aromatic heterocycles. The third-order valence-electron chi connectivity index (χ3n) is 4.73. The predicted octanol–water partition coefficient (Wildman–Crippen LogP) is 1.52. The molecule has 0 amide bonds. The summed E-state index contributed by atoms with van der Waals surface area (Å²) in [6, 6.07) is 8.68. The molecule has 6 heteroatoms. The van der Waals surface area contributed by atoms with Crippen molar-refractivity contribution in [3.05, 3.63) is 35.4 Å². The average Bonchev–Trinajstić information content (AvgIpc) is 2.62. The number of hydrogen-bond acceptors (Lipinski definition) is 4. The number of nitrogens with one attached hydrogen (secondary N) is 2. The quantitative estimate of drug-likeness (QED) is 0.570. The van der Waals surface area contributed by atoms with Crippen LogP contribution in [0, 0.1) is 0 Å². The second-order valence-corrected chi connectivity index (χ2v) is 7.75. The van der Waals surface area contributed by atoms with Gasteiger partial charge < -0.3 is 20.3 Å². The van der Waals surface area contributed by atoms with Gasteiger partial charge in [-0.05, 0) is 39.1 Å². The molecule has 0 radical (unpaired) electrons. The normalized spacial score (nSPS) is 16.8. The summed E-state index contributed by atoms with van der Waals surface area (Å²) >= 11 is 0. The van der Waals surface area contributed by atoms with Gasteiger partial charge in [-0.3, -0.25) is 9.89 Å². The molecule has 1 heterocycles. The highest BCUT2D eigenvalue weighted by molar-refractivity contribution is 5.79. The van der Waals surface area contributed by atoms with Crippen LogP contribution < -0.4 is 10.6 Å². The minimum absolute atomic E-state index is 0.0625. The number of guanidine groups is 1. The lowest BCUT2D eigenvalue weighted by Gasteiger charge is -2.41. The van der Waals surface area contributed by atoms with Crippen molar-refractivity contribution in [3.8, 4) is 0 Å². The second kappa shape index (κ2) is 9.90. The van der Waals surface area contributed by atoms with Gasteiger partial charge in [0.2, 0.25) is 0 Å². The Morgan fingerprint density at radius 2 is 1.88 bits per heavy atom. The molecule has 0 bridgehead atoms. The van der Waals surface area contributed by atoms with Crippen molar-refractivity contribution in [2.24, 2.45) is 4.99 Å². The fraction of sp³-hybridized carbons (Fsp3) is 0.650. The summed E-state index contributed by atoms with van der Waals surface area (Å²) in [4.78, 5) is 9.02. The Kier molecular flexibility index (Phi) is 7.87. The molecule has 0 aliphatic carbocycles. The maximum Gasteiger partial charge on any atom is 0.191 e. The molecule has 26 heavy (non-hydrogen) atoms. The Bertz CT molecular complexity index is 579. The first-order chi connectivity index (χ1) is 12.4. The predicted molar refractivity (Wildman–Crippen MR) is 109 cm³/mol. The summed E-state index contributed by atoms with van der Waals surface area (Å²) < 4.78 is 5.46. The second-order valence-electron chi connectivity index (χ2n) is 7.75. The van der Waals surface area contributed by atoms with E-state index in [1.807, 2.05) is 7.05 Å². The van der Waals surface area contributed by atoms with Crippen molar-refractivity contribution in [3.63, 3.8) is 0 Å². The summed E-state index contributed by atoms with van der Waals surface area (Å²) in [6.07, 6.45) is 0. The summed E-state index contributed by atoms with van der Waals surface area (Å²) in [5.74, 6) is 0.837. The maximum atomic E-state index is 5.46. The smallest absolute Gasteiger partial charge is 0.191 e. The van der Waals surface area contributed by atoms with Crippen LogP contribution in [0.25, 0.3) is 0 Å². The van der Waals surface area contributed by atoms with E-state index in [0.29, 0.717) is 0 Å². The molecule has 146 valence electrons. The number of aliphatic imine (C=N–C) groups is 1. The summed E-state index contributed by atoms with van der Waals surface area (Å²) in [6.45, 7) is 10.7. The van der Waals surface area contributed by atoms with Crippen LogP contribution in [0.1, 0.15) is 25.0 Å². The van der Waals surface area contributed by atoms with E-state index in [-0.39, 0.29) is 5.54 Å². The van der Waals surface area contributed by atoms with Gasteiger partial charge in [0, 0.05) is 45.3 Å². The van der Waals surface area contributed by atoms with Crippen LogP contribution in [0.2, 0.25) is 0 Å². The van der Waals surface area contributed by atoms with E-state index >= 15 is 0 Å². The Balaban J connectivity index is 1.84. The van der Waals surface area contributed by atoms with Crippen LogP contribution in [0.5, 0.6) is 0 Å². The zero-order valence-corrected chi connectivity index (χ0v) is 17.0. The van der Waals surface area contributed by atoms with Gasteiger partial charge in [0.15, 0.2) is 5.96 Å².